The van der Waals surface area contributed by atoms with Crippen LogP contribution in [0.4, 0.5) is 8.78 Å². The van der Waals surface area contributed by atoms with Crippen LogP contribution in [-0.4, -0.2) is 37.1 Å². The van der Waals surface area contributed by atoms with Gasteiger partial charge < -0.3 is 14.1 Å². The summed E-state index contributed by atoms with van der Waals surface area (Å²) in [5.74, 6) is -0.190. The Hall–Kier alpha value is -2.55. The summed E-state index contributed by atoms with van der Waals surface area (Å²) in [6, 6.07) is 12.3. The number of halogens is 2. The first-order chi connectivity index (χ1) is 13.9. The normalized spacial score (nSPS) is 14.1. The molecule has 8 heteroatoms. The Balaban J connectivity index is 1.66. The van der Waals surface area contributed by atoms with Crippen molar-refractivity contribution in [2.75, 3.05) is 12.8 Å². The first-order valence-corrected chi connectivity index (χ1v) is 10.6. The maximum atomic E-state index is 13.9. The number of furan rings is 1. The van der Waals surface area contributed by atoms with Crippen molar-refractivity contribution in [3.63, 3.8) is 0 Å². The van der Waals surface area contributed by atoms with Crippen LogP contribution in [0.25, 0.3) is 21.8 Å². The van der Waals surface area contributed by atoms with E-state index in [0.29, 0.717) is 16.8 Å². The van der Waals surface area contributed by atoms with Gasteiger partial charge >= 0.3 is 0 Å². The predicted molar refractivity (Wildman–Crippen MR) is 109 cm³/mol. The summed E-state index contributed by atoms with van der Waals surface area (Å²) in [6.07, 6.45) is 2.14. The number of hydrogen-bond acceptors (Lipinski definition) is 3. The highest BCUT2D eigenvalue weighted by Gasteiger charge is 2.20. The Morgan fingerprint density at radius 1 is 1.10 bits per heavy atom. The summed E-state index contributed by atoms with van der Waals surface area (Å²) in [4.78, 5) is 0. The molecule has 0 aliphatic heterocycles. The van der Waals surface area contributed by atoms with Crippen LogP contribution in [0.1, 0.15) is 5.76 Å². The molecule has 2 unspecified atom stereocenters. The number of hydrogen-bond donors (Lipinski definition) is 1. The topological polar surface area (TPSA) is 58.6 Å². The quantitative estimate of drug-likeness (QED) is 0.496. The van der Waals surface area contributed by atoms with Gasteiger partial charge in [-0.1, -0.05) is 0 Å². The van der Waals surface area contributed by atoms with Gasteiger partial charge in [0.1, 0.15) is 17.4 Å². The van der Waals surface area contributed by atoms with Gasteiger partial charge in [0.05, 0.1) is 47.5 Å². The molecule has 29 heavy (non-hydrogen) atoms. The lowest BCUT2D eigenvalue weighted by atomic mass is 10.1. The molecule has 0 aliphatic rings. The lowest BCUT2D eigenvalue weighted by Crippen LogP contribution is -2.35. The monoisotopic (exact) mass is 418 g/mol. The number of rotatable bonds is 7. The van der Waals surface area contributed by atoms with Crippen LogP contribution < -0.4 is 0 Å². The second-order valence-corrected chi connectivity index (χ2v) is 8.28. The molecule has 2 atom stereocenters. The highest BCUT2D eigenvalue weighted by Crippen LogP contribution is 2.30. The second kappa shape index (κ2) is 8.06. The fraction of sp³-hybridized carbons (Fsp3) is 0.238. The zero-order chi connectivity index (χ0) is 20.5. The van der Waals surface area contributed by atoms with Gasteiger partial charge in [-0.25, -0.2) is 17.3 Å². The molecule has 0 saturated carbocycles. The maximum absolute atomic E-state index is 13.9. The van der Waals surface area contributed by atoms with E-state index >= 15 is 0 Å². The number of aliphatic hydroxyl groups excluding tert-OH is 1. The summed E-state index contributed by atoms with van der Waals surface area (Å²) in [5, 5.41) is 12.3. The summed E-state index contributed by atoms with van der Waals surface area (Å²) >= 11 is 0. The largest absolute Gasteiger partial charge is 0.468 e. The molecule has 0 saturated heterocycles. The van der Waals surface area contributed by atoms with Crippen LogP contribution in [0, 0.1) is 11.6 Å². The Morgan fingerprint density at radius 3 is 2.24 bits per heavy atom. The van der Waals surface area contributed by atoms with Crippen molar-refractivity contribution in [3.05, 3.63) is 72.2 Å². The molecule has 0 radical (unpaired) electrons. The minimum absolute atomic E-state index is 0.0960. The van der Waals surface area contributed by atoms with Gasteiger partial charge in [0, 0.05) is 23.6 Å². The zero-order valence-electron chi connectivity index (χ0n) is 15.7. The Labute approximate surface area is 168 Å². The fourth-order valence-corrected chi connectivity index (χ4v) is 4.27. The van der Waals surface area contributed by atoms with Gasteiger partial charge in [-0.3, -0.25) is 0 Å². The first kappa shape index (κ1) is 19.8. The standard InChI is InChI=1S/C21H20F2N2O3S/c1-29(27)24(13-17-3-2-8-28-17)11-16(26)12-25-20-9-14(22)4-6-18(20)19-7-5-15(23)10-21(19)25/h2-10,16,26H,11-13H2,1H3. The van der Waals surface area contributed by atoms with Crippen LogP contribution in [0.3, 0.4) is 0 Å². The molecule has 4 rings (SSSR count). The molecule has 0 fully saturated rings. The number of benzene rings is 2. The Bertz CT molecular complexity index is 1110. The number of aromatic nitrogens is 1. The predicted octanol–water partition coefficient (Wildman–Crippen LogP) is 3.82. The van der Waals surface area contributed by atoms with Crippen LogP contribution in [0.5, 0.6) is 0 Å². The van der Waals surface area contributed by atoms with E-state index < -0.39 is 28.7 Å². The van der Waals surface area contributed by atoms with Crippen molar-refractivity contribution in [2.24, 2.45) is 0 Å². The lowest BCUT2D eigenvalue weighted by Gasteiger charge is -2.22. The van der Waals surface area contributed by atoms with Gasteiger partial charge in [-0.15, -0.1) is 0 Å². The SMILES string of the molecule is CS(=O)N(Cc1ccco1)CC(O)Cn1c2cc(F)ccc2c2ccc(F)cc21. The molecule has 2 heterocycles. The summed E-state index contributed by atoms with van der Waals surface area (Å²) in [7, 11) is -1.33. The van der Waals surface area contributed by atoms with Gasteiger partial charge in [0.2, 0.25) is 0 Å². The third kappa shape index (κ3) is 4.10. The van der Waals surface area contributed by atoms with Crippen molar-refractivity contribution in [3.8, 4) is 0 Å². The van der Waals surface area contributed by atoms with Crippen molar-refractivity contribution in [2.45, 2.75) is 19.2 Å². The highest BCUT2D eigenvalue weighted by molar-refractivity contribution is 7.81. The Morgan fingerprint density at radius 2 is 1.72 bits per heavy atom. The summed E-state index contributed by atoms with van der Waals surface area (Å²) in [5.41, 5.74) is 1.14. The van der Waals surface area contributed by atoms with E-state index in [1.165, 1.54) is 36.8 Å². The average molecular weight is 418 g/mol. The average Bonchev–Trinajstić information content (AvgIpc) is 3.28. The molecule has 152 valence electrons. The van der Waals surface area contributed by atoms with E-state index in [9.17, 15) is 18.1 Å². The van der Waals surface area contributed by atoms with E-state index in [2.05, 4.69) is 0 Å². The summed E-state index contributed by atoms with van der Waals surface area (Å²) < 4.78 is 48.4. The Kier molecular flexibility index (Phi) is 5.49. The van der Waals surface area contributed by atoms with E-state index in [4.69, 9.17) is 4.42 Å². The minimum atomic E-state index is -1.33. The van der Waals surface area contributed by atoms with E-state index in [1.54, 1.807) is 33.1 Å². The molecule has 0 bridgehead atoms. The first-order valence-electron chi connectivity index (χ1n) is 9.08. The zero-order valence-corrected chi connectivity index (χ0v) is 16.5. The fourth-order valence-electron chi connectivity index (χ4n) is 3.58. The van der Waals surface area contributed by atoms with Crippen LogP contribution >= 0.6 is 0 Å². The van der Waals surface area contributed by atoms with Crippen molar-refractivity contribution >= 4 is 32.8 Å². The maximum Gasteiger partial charge on any atom is 0.125 e. The third-order valence-corrected chi connectivity index (χ3v) is 5.88. The molecule has 4 aromatic rings. The lowest BCUT2D eigenvalue weighted by molar-refractivity contribution is 0.129. The van der Waals surface area contributed by atoms with E-state index in [-0.39, 0.29) is 19.6 Å². The van der Waals surface area contributed by atoms with Crippen LogP contribution in [0.2, 0.25) is 0 Å². The van der Waals surface area contributed by atoms with Crippen molar-refractivity contribution in [1.29, 1.82) is 0 Å². The van der Waals surface area contributed by atoms with Gasteiger partial charge in [0.25, 0.3) is 0 Å². The van der Waals surface area contributed by atoms with E-state index in [0.717, 1.165) is 10.8 Å². The van der Waals surface area contributed by atoms with Gasteiger partial charge in [-0.2, -0.15) is 0 Å². The van der Waals surface area contributed by atoms with E-state index in [1.807, 2.05) is 0 Å². The minimum Gasteiger partial charge on any atom is -0.468 e. The number of fused-ring (bicyclic) bond motifs is 3. The molecular formula is C21H20F2N2O3S. The van der Waals surface area contributed by atoms with Gasteiger partial charge in [0.15, 0.2) is 0 Å². The van der Waals surface area contributed by atoms with Crippen LogP contribution in [0.15, 0.2) is 59.2 Å². The van der Waals surface area contributed by atoms with Gasteiger partial charge in [-0.05, 0) is 48.5 Å². The molecule has 0 aliphatic carbocycles. The molecule has 0 spiro atoms. The molecular weight excluding hydrogens is 398 g/mol. The highest BCUT2D eigenvalue weighted by atomic mass is 32.2. The van der Waals surface area contributed by atoms with Crippen molar-refractivity contribution in [1.82, 2.24) is 8.87 Å². The number of nitrogens with zero attached hydrogens (tertiary/aromatic N) is 2. The second-order valence-electron chi connectivity index (χ2n) is 6.91. The molecule has 5 nitrogen and oxygen atoms in total. The molecule has 2 aromatic carbocycles. The molecule has 2 aromatic heterocycles. The molecule has 1 N–H and O–H groups in total. The number of aliphatic hydroxyl groups is 1. The van der Waals surface area contributed by atoms with Crippen molar-refractivity contribution < 1.29 is 22.5 Å². The van der Waals surface area contributed by atoms with Crippen LogP contribution in [-0.2, 0) is 24.1 Å². The smallest absolute Gasteiger partial charge is 0.125 e. The third-order valence-electron chi connectivity index (χ3n) is 4.87. The summed E-state index contributed by atoms with van der Waals surface area (Å²) in [6.45, 7) is 0.484. The molecule has 0 amide bonds.